The Kier molecular flexibility index (Phi) is 3.26. The third kappa shape index (κ3) is 2.37. The van der Waals surface area contributed by atoms with E-state index in [4.69, 9.17) is 17.3 Å². The minimum absolute atomic E-state index is 0.274. The second kappa shape index (κ2) is 4.55. The second-order valence-electron chi connectivity index (χ2n) is 4.58. The van der Waals surface area contributed by atoms with E-state index >= 15 is 0 Å². The van der Waals surface area contributed by atoms with Crippen LogP contribution in [0.25, 0.3) is 11.0 Å². The fraction of sp³-hybridized carbons (Fsp3) is 0.417. The maximum absolute atomic E-state index is 5.97. The van der Waals surface area contributed by atoms with E-state index in [0.717, 1.165) is 17.6 Å². The molecule has 1 aromatic heterocycles. The molecule has 0 saturated heterocycles. The zero-order valence-electron chi connectivity index (χ0n) is 10.3. The molecule has 0 saturated carbocycles. The summed E-state index contributed by atoms with van der Waals surface area (Å²) in [5.41, 5.74) is 7.85. The number of aromatic nitrogens is 2. The van der Waals surface area contributed by atoms with Crippen molar-refractivity contribution in [3.8, 4) is 0 Å². The summed E-state index contributed by atoms with van der Waals surface area (Å²) in [4.78, 5) is 6.47. The average molecular weight is 253 g/mol. The molecule has 0 bridgehead atoms. The van der Waals surface area contributed by atoms with E-state index in [1.165, 1.54) is 0 Å². The molecule has 5 heteroatoms. The standard InChI is InChI=1S/C12H17ClN4/c1-8(7-16(2)3)17-11-5-4-9(13)6-10(11)15-12(17)14/h4-6,8H,7H2,1-3H3,(H2,14,15). The van der Waals surface area contributed by atoms with Gasteiger partial charge in [0.25, 0.3) is 0 Å². The lowest BCUT2D eigenvalue weighted by Crippen LogP contribution is -2.23. The van der Waals surface area contributed by atoms with E-state index in [1.807, 2.05) is 36.9 Å². The van der Waals surface area contributed by atoms with Gasteiger partial charge < -0.3 is 15.2 Å². The summed E-state index contributed by atoms with van der Waals surface area (Å²) in [5, 5.41) is 0.683. The number of anilines is 1. The van der Waals surface area contributed by atoms with Crippen molar-refractivity contribution >= 4 is 28.6 Å². The SMILES string of the molecule is CC(CN(C)C)n1c(N)nc2cc(Cl)ccc21. The van der Waals surface area contributed by atoms with Gasteiger partial charge in [-0.1, -0.05) is 11.6 Å². The van der Waals surface area contributed by atoms with E-state index in [1.54, 1.807) is 0 Å². The number of fused-ring (bicyclic) bond motifs is 1. The summed E-state index contributed by atoms with van der Waals surface area (Å²) < 4.78 is 2.05. The Morgan fingerprint density at radius 1 is 1.47 bits per heavy atom. The molecule has 92 valence electrons. The van der Waals surface area contributed by atoms with Crippen molar-refractivity contribution in [2.24, 2.45) is 0 Å². The minimum Gasteiger partial charge on any atom is -0.369 e. The number of likely N-dealkylation sites (N-methyl/N-ethyl adjacent to an activating group) is 1. The van der Waals surface area contributed by atoms with Crippen LogP contribution in [0.1, 0.15) is 13.0 Å². The molecule has 0 fully saturated rings. The van der Waals surface area contributed by atoms with Crippen molar-refractivity contribution in [3.05, 3.63) is 23.2 Å². The number of hydrogen-bond donors (Lipinski definition) is 1. The van der Waals surface area contributed by atoms with Crippen LogP contribution in [0.5, 0.6) is 0 Å². The van der Waals surface area contributed by atoms with Gasteiger partial charge in [-0.25, -0.2) is 4.98 Å². The fourth-order valence-corrected chi connectivity index (χ4v) is 2.33. The maximum Gasteiger partial charge on any atom is 0.201 e. The monoisotopic (exact) mass is 252 g/mol. The predicted octanol–water partition coefficient (Wildman–Crippen LogP) is 2.39. The number of halogens is 1. The van der Waals surface area contributed by atoms with Gasteiger partial charge in [-0.3, -0.25) is 0 Å². The Balaban J connectivity index is 2.49. The van der Waals surface area contributed by atoms with Gasteiger partial charge in [0, 0.05) is 17.6 Å². The Morgan fingerprint density at radius 2 is 2.18 bits per heavy atom. The van der Waals surface area contributed by atoms with Crippen molar-refractivity contribution in [1.82, 2.24) is 14.5 Å². The average Bonchev–Trinajstić information content (AvgIpc) is 2.51. The molecule has 4 nitrogen and oxygen atoms in total. The summed E-state index contributed by atoms with van der Waals surface area (Å²) in [6.07, 6.45) is 0. The van der Waals surface area contributed by atoms with Crippen LogP contribution >= 0.6 is 11.6 Å². The van der Waals surface area contributed by atoms with Crippen molar-refractivity contribution in [1.29, 1.82) is 0 Å². The minimum atomic E-state index is 0.274. The summed E-state index contributed by atoms with van der Waals surface area (Å²) in [7, 11) is 4.09. The Hall–Kier alpha value is -1.26. The molecule has 1 unspecified atom stereocenters. The molecular formula is C12H17ClN4. The van der Waals surface area contributed by atoms with Gasteiger partial charge in [-0.15, -0.1) is 0 Å². The highest BCUT2D eigenvalue weighted by molar-refractivity contribution is 6.31. The van der Waals surface area contributed by atoms with E-state index in [2.05, 4.69) is 16.8 Å². The summed E-state index contributed by atoms with van der Waals surface area (Å²) >= 11 is 5.95. The third-order valence-electron chi connectivity index (χ3n) is 2.75. The van der Waals surface area contributed by atoms with Crippen molar-refractivity contribution in [3.63, 3.8) is 0 Å². The Morgan fingerprint density at radius 3 is 2.82 bits per heavy atom. The van der Waals surface area contributed by atoms with Gasteiger partial charge in [0.2, 0.25) is 5.95 Å². The van der Waals surface area contributed by atoms with E-state index < -0.39 is 0 Å². The Bertz CT molecular complexity index is 533. The lowest BCUT2D eigenvalue weighted by Gasteiger charge is -2.20. The van der Waals surface area contributed by atoms with Crippen molar-refractivity contribution < 1.29 is 0 Å². The number of rotatable bonds is 3. The third-order valence-corrected chi connectivity index (χ3v) is 2.98. The summed E-state index contributed by atoms with van der Waals surface area (Å²) in [5.74, 6) is 0.539. The molecule has 0 spiro atoms. The van der Waals surface area contributed by atoms with Crippen LogP contribution in [0.2, 0.25) is 5.02 Å². The van der Waals surface area contributed by atoms with Crippen LogP contribution in [0, 0.1) is 0 Å². The van der Waals surface area contributed by atoms with Gasteiger partial charge in [-0.2, -0.15) is 0 Å². The van der Waals surface area contributed by atoms with E-state index in [-0.39, 0.29) is 6.04 Å². The van der Waals surface area contributed by atoms with Crippen molar-refractivity contribution in [2.45, 2.75) is 13.0 Å². The highest BCUT2D eigenvalue weighted by atomic mass is 35.5. The van der Waals surface area contributed by atoms with Crippen LogP contribution in [0.15, 0.2) is 18.2 Å². The van der Waals surface area contributed by atoms with Gasteiger partial charge >= 0.3 is 0 Å². The first-order chi connectivity index (χ1) is 7.99. The predicted molar refractivity (Wildman–Crippen MR) is 72.4 cm³/mol. The molecule has 2 rings (SSSR count). The van der Waals surface area contributed by atoms with Gasteiger partial charge in [0.05, 0.1) is 11.0 Å². The number of hydrogen-bond acceptors (Lipinski definition) is 3. The normalized spacial score (nSPS) is 13.5. The summed E-state index contributed by atoms with van der Waals surface area (Å²) in [6.45, 7) is 3.05. The molecule has 1 atom stereocenters. The number of benzene rings is 1. The number of nitrogens with two attached hydrogens (primary N) is 1. The molecule has 1 heterocycles. The number of imidazole rings is 1. The molecular weight excluding hydrogens is 236 g/mol. The van der Waals surface area contributed by atoms with Crippen LogP contribution in [-0.4, -0.2) is 35.1 Å². The molecule has 0 aliphatic heterocycles. The largest absolute Gasteiger partial charge is 0.369 e. The molecule has 2 N–H and O–H groups in total. The van der Waals surface area contributed by atoms with Crippen LogP contribution in [0.4, 0.5) is 5.95 Å². The fourth-order valence-electron chi connectivity index (χ4n) is 2.16. The number of nitrogens with zero attached hydrogens (tertiary/aromatic N) is 3. The first-order valence-corrected chi connectivity index (χ1v) is 5.94. The van der Waals surface area contributed by atoms with E-state index in [9.17, 15) is 0 Å². The molecule has 2 aromatic rings. The van der Waals surface area contributed by atoms with E-state index in [0.29, 0.717) is 11.0 Å². The molecule has 0 aliphatic carbocycles. The zero-order valence-corrected chi connectivity index (χ0v) is 11.1. The second-order valence-corrected chi connectivity index (χ2v) is 5.02. The first-order valence-electron chi connectivity index (χ1n) is 5.56. The quantitative estimate of drug-likeness (QED) is 0.913. The molecule has 1 aromatic carbocycles. The topological polar surface area (TPSA) is 47.1 Å². The van der Waals surface area contributed by atoms with Crippen LogP contribution < -0.4 is 5.73 Å². The van der Waals surface area contributed by atoms with Crippen molar-refractivity contribution in [2.75, 3.05) is 26.4 Å². The summed E-state index contributed by atoms with van der Waals surface area (Å²) in [6, 6.07) is 5.94. The molecule has 0 amide bonds. The smallest absolute Gasteiger partial charge is 0.201 e. The number of nitrogen functional groups attached to an aromatic ring is 1. The lowest BCUT2D eigenvalue weighted by atomic mass is 10.2. The Labute approximate surface area is 106 Å². The highest BCUT2D eigenvalue weighted by Crippen LogP contribution is 2.25. The van der Waals surface area contributed by atoms with Gasteiger partial charge in [0.15, 0.2) is 0 Å². The lowest BCUT2D eigenvalue weighted by molar-refractivity contribution is 0.342. The zero-order chi connectivity index (χ0) is 12.6. The van der Waals surface area contributed by atoms with Crippen LogP contribution in [0.3, 0.4) is 0 Å². The van der Waals surface area contributed by atoms with Gasteiger partial charge in [-0.05, 0) is 39.2 Å². The highest BCUT2D eigenvalue weighted by Gasteiger charge is 2.14. The van der Waals surface area contributed by atoms with Crippen LogP contribution in [-0.2, 0) is 0 Å². The first kappa shape index (κ1) is 12.2. The molecule has 0 aliphatic rings. The maximum atomic E-state index is 5.97. The molecule has 17 heavy (non-hydrogen) atoms. The van der Waals surface area contributed by atoms with Gasteiger partial charge in [0.1, 0.15) is 0 Å². The molecule has 0 radical (unpaired) electrons.